The fourth-order valence-electron chi connectivity index (χ4n) is 5.24. The molecule has 0 radical (unpaired) electrons. The number of carbonyl (C=O) groups is 2. The van der Waals surface area contributed by atoms with E-state index in [4.69, 9.17) is 4.74 Å². The van der Waals surface area contributed by atoms with Crippen molar-refractivity contribution in [2.24, 2.45) is 5.92 Å². The minimum absolute atomic E-state index is 0.104. The van der Waals surface area contributed by atoms with Gasteiger partial charge in [-0.05, 0) is 30.4 Å². The Kier molecular flexibility index (Phi) is 4.97. The van der Waals surface area contributed by atoms with Crippen LogP contribution in [0, 0.1) is 5.92 Å². The van der Waals surface area contributed by atoms with Crippen molar-refractivity contribution >= 4 is 11.8 Å². The van der Waals surface area contributed by atoms with Gasteiger partial charge in [0.25, 0.3) is 5.91 Å². The summed E-state index contributed by atoms with van der Waals surface area (Å²) in [6, 6.07) is 7.77. The number of hydrogen-bond acceptors (Lipinski definition) is 3. The number of carbonyl (C=O) groups excluding carboxylic acids is 2. The molecule has 27 heavy (non-hydrogen) atoms. The highest BCUT2D eigenvalue weighted by atomic mass is 16.5. The van der Waals surface area contributed by atoms with E-state index < -0.39 is 0 Å². The summed E-state index contributed by atoms with van der Waals surface area (Å²) in [5.74, 6) is 0.391. The topological polar surface area (TPSA) is 49.9 Å². The van der Waals surface area contributed by atoms with Crippen LogP contribution < -0.4 is 0 Å². The quantitative estimate of drug-likeness (QED) is 0.822. The third-order valence-corrected chi connectivity index (χ3v) is 6.41. The first-order valence-electron chi connectivity index (χ1n) is 10.3. The molecule has 2 amide bonds. The average molecular weight is 370 g/mol. The average Bonchev–Trinajstić information content (AvgIpc) is 3.16. The summed E-state index contributed by atoms with van der Waals surface area (Å²) in [5.41, 5.74) is 1.27. The Labute approximate surface area is 161 Å². The van der Waals surface area contributed by atoms with Gasteiger partial charge in [-0.2, -0.15) is 0 Å². The summed E-state index contributed by atoms with van der Waals surface area (Å²) in [4.78, 5) is 31.2. The molecule has 1 spiro atoms. The van der Waals surface area contributed by atoms with Crippen LogP contribution in [-0.2, 0) is 9.53 Å². The first-order chi connectivity index (χ1) is 13.0. The van der Waals surface area contributed by atoms with Gasteiger partial charge in [0.1, 0.15) is 0 Å². The summed E-state index contributed by atoms with van der Waals surface area (Å²) in [6.45, 7) is 7.49. The lowest BCUT2D eigenvalue weighted by Gasteiger charge is -2.51. The Hall–Kier alpha value is -1.88. The third kappa shape index (κ3) is 3.06. The van der Waals surface area contributed by atoms with Crippen molar-refractivity contribution in [1.29, 1.82) is 0 Å². The van der Waals surface area contributed by atoms with Crippen molar-refractivity contribution in [1.82, 2.24) is 9.80 Å². The number of benzene rings is 1. The van der Waals surface area contributed by atoms with Crippen molar-refractivity contribution in [2.45, 2.75) is 51.0 Å². The lowest BCUT2D eigenvalue weighted by Crippen LogP contribution is -2.62. The molecule has 4 rings (SSSR count). The number of fused-ring (bicyclic) bond motifs is 1. The van der Waals surface area contributed by atoms with Crippen LogP contribution in [0.25, 0.3) is 0 Å². The zero-order valence-electron chi connectivity index (χ0n) is 16.4. The highest BCUT2D eigenvalue weighted by Crippen LogP contribution is 2.51. The Bertz CT molecular complexity index is 718. The molecule has 1 aliphatic carbocycles. The minimum atomic E-state index is -0.370. The lowest BCUT2D eigenvalue weighted by molar-refractivity contribution is -0.141. The second kappa shape index (κ2) is 7.27. The van der Waals surface area contributed by atoms with E-state index in [0.717, 1.165) is 31.2 Å². The molecule has 1 aromatic rings. The van der Waals surface area contributed by atoms with Crippen molar-refractivity contribution < 1.29 is 14.3 Å². The van der Waals surface area contributed by atoms with Gasteiger partial charge >= 0.3 is 0 Å². The molecule has 0 bridgehead atoms. The summed E-state index contributed by atoms with van der Waals surface area (Å²) in [5, 5.41) is 0. The van der Waals surface area contributed by atoms with E-state index in [9.17, 15) is 9.59 Å². The fraction of sp³-hybridized carbons (Fsp3) is 0.636. The number of hydrogen-bond donors (Lipinski definition) is 0. The van der Waals surface area contributed by atoms with Crippen LogP contribution in [0.5, 0.6) is 0 Å². The smallest absolute Gasteiger partial charge is 0.254 e. The molecule has 1 saturated carbocycles. The molecular weight excluding hydrogens is 340 g/mol. The van der Waals surface area contributed by atoms with Gasteiger partial charge in [-0.1, -0.05) is 44.9 Å². The third-order valence-electron chi connectivity index (χ3n) is 6.41. The minimum Gasteiger partial charge on any atom is -0.378 e. The van der Waals surface area contributed by atoms with Crippen molar-refractivity contribution in [3.63, 3.8) is 0 Å². The molecule has 5 heteroatoms. The van der Waals surface area contributed by atoms with E-state index in [1.807, 2.05) is 29.2 Å². The van der Waals surface area contributed by atoms with Gasteiger partial charge in [0.2, 0.25) is 5.91 Å². The Morgan fingerprint density at radius 1 is 1.19 bits per heavy atom. The normalized spacial score (nSPS) is 24.6. The number of amides is 2. The molecule has 3 aliphatic rings. The standard InChI is InChI=1S/C22H30N2O3/c1-16(2)15-24-20(25)18-8-4-3-7-17(18)19(22(24)9-5-6-10-22)21(26)23-11-13-27-14-12-23/h3-4,7-8,16,19H,5-6,9-15H2,1-2H3/t19-/m0/s1. The van der Waals surface area contributed by atoms with E-state index in [0.29, 0.717) is 44.3 Å². The second-order valence-electron chi connectivity index (χ2n) is 8.58. The van der Waals surface area contributed by atoms with Gasteiger partial charge in [0.05, 0.1) is 24.7 Å². The van der Waals surface area contributed by atoms with Crippen molar-refractivity contribution in [3.05, 3.63) is 35.4 Å². The lowest BCUT2D eigenvalue weighted by atomic mass is 9.70. The maximum absolute atomic E-state index is 13.7. The molecule has 2 fully saturated rings. The largest absolute Gasteiger partial charge is 0.378 e. The SMILES string of the molecule is CC(C)CN1C(=O)c2ccccc2[C@@H](C(=O)N2CCOCC2)C12CCCC2. The Morgan fingerprint density at radius 2 is 1.85 bits per heavy atom. The molecule has 5 nitrogen and oxygen atoms in total. The van der Waals surface area contributed by atoms with Gasteiger partial charge in [0.15, 0.2) is 0 Å². The maximum Gasteiger partial charge on any atom is 0.254 e. The van der Waals surface area contributed by atoms with E-state index in [-0.39, 0.29) is 23.3 Å². The molecule has 1 aromatic carbocycles. The van der Waals surface area contributed by atoms with Crippen LogP contribution in [-0.4, -0.2) is 60.0 Å². The van der Waals surface area contributed by atoms with Gasteiger partial charge in [-0.15, -0.1) is 0 Å². The van der Waals surface area contributed by atoms with Crippen LogP contribution in [0.15, 0.2) is 24.3 Å². The number of ether oxygens (including phenoxy) is 1. The zero-order chi connectivity index (χ0) is 19.0. The van der Waals surface area contributed by atoms with Gasteiger partial charge in [-0.25, -0.2) is 0 Å². The summed E-state index contributed by atoms with van der Waals surface area (Å²) < 4.78 is 5.46. The predicted octanol–water partition coefficient (Wildman–Crippen LogP) is 3.05. The van der Waals surface area contributed by atoms with Gasteiger partial charge in [0, 0.05) is 25.2 Å². The number of morpholine rings is 1. The highest BCUT2D eigenvalue weighted by molar-refractivity contribution is 6.02. The van der Waals surface area contributed by atoms with Crippen LogP contribution >= 0.6 is 0 Å². The van der Waals surface area contributed by atoms with E-state index in [1.54, 1.807) is 0 Å². The molecule has 1 atom stereocenters. The molecule has 0 aromatic heterocycles. The van der Waals surface area contributed by atoms with Crippen molar-refractivity contribution in [2.75, 3.05) is 32.8 Å². The first kappa shape index (κ1) is 18.5. The molecule has 0 unspecified atom stereocenters. The fourth-order valence-corrected chi connectivity index (χ4v) is 5.24. The van der Waals surface area contributed by atoms with Crippen LogP contribution in [0.2, 0.25) is 0 Å². The zero-order valence-corrected chi connectivity index (χ0v) is 16.4. The molecule has 2 aliphatic heterocycles. The first-order valence-corrected chi connectivity index (χ1v) is 10.3. The Balaban J connectivity index is 1.83. The molecule has 2 heterocycles. The molecular formula is C22H30N2O3. The van der Waals surface area contributed by atoms with Crippen molar-refractivity contribution in [3.8, 4) is 0 Å². The maximum atomic E-state index is 13.7. The molecule has 146 valence electrons. The number of rotatable bonds is 3. The van der Waals surface area contributed by atoms with Crippen LogP contribution in [0.4, 0.5) is 0 Å². The number of nitrogens with zero attached hydrogens (tertiary/aromatic N) is 2. The molecule has 0 N–H and O–H groups in total. The summed E-state index contributed by atoms with van der Waals surface area (Å²) in [6.07, 6.45) is 3.99. The summed E-state index contributed by atoms with van der Waals surface area (Å²) >= 11 is 0. The van der Waals surface area contributed by atoms with Crippen LogP contribution in [0.3, 0.4) is 0 Å². The highest BCUT2D eigenvalue weighted by Gasteiger charge is 2.56. The van der Waals surface area contributed by atoms with E-state index in [2.05, 4.69) is 18.7 Å². The Morgan fingerprint density at radius 3 is 2.52 bits per heavy atom. The van der Waals surface area contributed by atoms with E-state index in [1.165, 1.54) is 0 Å². The van der Waals surface area contributed by atoms with Gasteiger partial charge < -0.3 is 14.5 Å². The predicted molar refractivity (Wildman–Crippen MR) is 104 cm³/mol. The van der Waals surface area contributed by atoms with Gasteiger partial charge in [-0.3, -0.25) is 9.59 Å². The summed E-state index contributed by atoms with van der Waals surface area (Å²) in [7, 11) is 0. The van der Waals surface area contributed by atoms with E-state index >= 15 is 0 Å². The second-order valence-corrected chi connectivity index (χ2v) is 8.58. The molecule has 1 saturated heterocycles. The van der Waals surface area contributed by atoms with Crippen LogP contribution in [0.1, 0.15) is 61.4 Å². The monoisotopic (exact) mass is 370 g/mol.